The summed E-state index contributed by atoms with van der Waals surface area (Å²) in [6, 6.07) is 1.44. The highest BCUT2D eigenvalue weighted by atomic mass is 79.9. The number of halogens is 1. The Bertz CT molecular complexity index is 436. The summed E-state index contributed by atoms with van der Waals surface area (Å²) in [4.78, 5) is 25.1. The molecule has 3 N–H and O–H groups in total. The molecule has 0 aliphatic heterocycles. The van der Waals surface area contributed by atoms with Crippen LogP contribution in [0.4, 0.5) is 5.82 Å². The Morgan fingerprint density at radius 3 is 2.71 bits per heavy atom. The first kappa shape index (κ1) is 13.4. The minimum Gasteiger partial charge on any atom is -0.481 e. The van der Waals surface area contributed by atoms with Gasteiger partial charge in [-0.15, -0.1) is 0 Å². The molecule has 0 saturated carbocycles. The molecule has 7 heteroatoms. The van der Waals surface area contributed by atoms with Gasteiger partial charge in [0, 0.05) is 23.6 Å². The molecular formula is C10H11BrN2O4. The van der Waals surface area contributed by atoms with Gasteiger partial charge in [0.05, 0.1) is 0 Å². The summed E-state index contributed by atoms with van der Waals surface area (Å²) in [6.07, 6.45) is 1.92. The SMILES string of the molecule is O=C(O)CCCNc1ncc(Br)cc1C(=O)O. The maximum Gasteiger partial charge on any atom is 0.339 e. The maximum absolute atomic E-state index is 10.9. The van der Waals surface area contributed by atoms with Gasteiger partial charge < -0.3 is 15.5 Å². The number of carbonyl (C=O) groups is 2. The Hall–Kier alpha value is -1.63. The average Bonchev–Trinajstić information content (AvgIpc) is 2.25. The molecule has 0 spiro atoms. The minimum absolute atomic E-state index is 0.0337. The summed E-state index contributed by atoms with van der Waals surface area (Å²) >= 11 is 3.13. The molecule has 0 unspecified atom stereocenters. The molecule has 17 heavy (non-hydrogen) atoms. The first-order chi connectivity index (χ1) is 8.00. The Labute approximate surface area is 106 Å². The number of hydrogen-bond acceptors (Lipinski definition) is 4. The van der Waals surface area contributed by atoms with Crippen LogP contribution in [0.2, 0.25) is 0 Å². The van der Waals surface area contributed by atoms with Crippen molar-refractivity contribution in [3.05, 3.63) is 22.3 Å². The van der Waals surface area contributed by atoms with Crippen LogP contribution < -0.4 is 5.32 Å². The number of anilines is 1. The third-order valence-corrected chi connectivity index (χ3v) is 2.38. The summed E-state index contributed by atoms with van der Waals surface area (Å²) < 4.78 is 0.575. The summed E-state index contributed by atoms with van der Waals surface area (Å²) in [5.41, 5.74) is 0.0506. The van der Waals surface area contributed by atoms with E-state index in [1.807, 2.05) is 0 Å². The molecule has 0 bridgehead atoms. The van der Waals surface area contributed by atoms with E-state index in [0.29, 0.717) is 17.4 Å². The third-order valence-electron chi connectivity index (χ3n) is 1.94. The highest BCUT2D eigenvalue weighted by molar-refractivity contribution is 9.10. The van der Waals surface area contributed by atoms with Crippen LogP contribution in [0, 0.1) is 0 Å². The van der Waals surface area contributed by atoms with Crippen molar-refractivity contribution in [1.29, 1.82) is 0 Å². The fourth-order valence-corrected chi connectivity index (χ4v) is 1.52. The highest BCUT2D eigenvalue weighted by Gasteiger charge is 2.11. The van der Waals surface area contributed by atoms with E-state index in [1.165, 1.54) is 12.3 Å². The lowest BCUT2D eigenvalue weighted by Gasteiger charge is -2.07. The predicted molar refractivity (Wildman–Crippen MR) is 64.3 cm³/mol. The molecule has 6 nitrogen and oxygen atoms in total. The smallest absolute Gasteiger partial charge is 0.339 e. The lowest BCUT2D eigenvalue weighted by molar-refractivity contribution is -0.137. The van der Waals surface area contributed by atoms with E-state index in [0.717, 1.165) is 0 Å². The Kier molecular flexibility index (Phi) is 4.89. The average molecular weight is 303 g/mol. The molecular weight excluding hydrogens is 292 g/mol. The Morgan fingerprint density at radius 1 is 1.41 bits per heavy atom. The number of rotatable bonds is 6. The molecule has 0 amide bonds. The molecule has 0 saturated heterocycles. The van der Waals surface area contributed by atoms with Gasteiger partial charge >= 0.3 is 11.9 Å². The number of aromatic carboxylic acids is 1. The predicted octanol–water partition coefficient (Wildman–Crippen LogP) is 1.82. The zero-order chi connectivity index (χ0) is 12.8. The van der Waals surface area contributed by atoms with Crippen LogP contribution in [-0.4, -0.2) is 33.7 Å². The second-order valence-corrected chi connectivity index (χ2v) is 4.19. The normalized spacial score (nSPS) is 9.94. The van der Waals surface area contributed by atoms with Gasteiger partial charge in [-0.05, 0) is 28.4 Å². The van der Waals surface area contributed by atoms with E-state index in [4.69, 9.17) is 10.2 Å². The Morgan fingerprint density at radius 2 is 2.12 bits per heavy atom. The van der Waals surface area contributed by atoms with E-state index < -0.39 is 11.9 Å². The fraction of sp³-hybridized carbons (Fsp3) is 0.300. The van der Waals surface area contributed by atoms with Crippen LogP contribution in [0.15, 0.2) is 16.7 Å². The maximum atomic E-state index is 10.9. The molecule has 92 valence electrons. The zero-order valence-electron chi connectivity index (χ0n) is 8.81. The van der Waals surface area contributed by atoms with Crippen molar-refractivity contribution in [2.24, 2.45) is 0 Å². The monoisotopic (exact) mass is 302 g/mol. The molecule has 0 radical (unpaired) electrons. The number of carboxylic acids is 2. The largest absolute Gasteiger partial charge is 0.481 e. The van der Waals surface area contributed by atoms with Crippen molar-refractivity contribution in [1.82, 2.24) is 4.98 Å². The molecule has 0 aliphatic rings. The number of aromatic nitrogens is 1. The van der Waals surface area contributed by atoms with Gasteiger partial charge in [-0.1, -0.05) is 0 Å². The van der Waals surface area contributed by atoms with Crippen LogP contribution in [-0.2, 0) is 4.79 Å². The van der Waals surface area contributed by atoms with Crippen LogP contribution in [0.1, 0.15) is 23.2 Å². The molecule has 0 atom stereocenters. The number of carboxylic acid groups (broad SMARTS) is 2. The lowest BCUT2D eigenvalue weighted by Crippen LogP contribution is -2.10. The quantitative estimate of drug-likeness (QED) is 0.693. The van der Waals surface area contributed by atoms with Crippen LogP contribution in [0.25, 0.3) is 0 Å². The van der Waals surface area contributed by atoms with Gasteiger partial charge in [0.1, 0.15) is 11.4 Å². The van der Waals surface area contributed by atoms with E-state index in [9.17, 15) is 9.59 Å². The third kappa shape index (κ3) is 4.39. The van der Waals surface area contributed by atoms with Crippen LogP contribution in [0.5, 0.6) is 0 Å². The zero-order valence-corrected chi connectivity index (χ0v) is 10.4. The van der Waals surface area contributed by atoms with Crippen molar-refractivity contribution in [2.75, 3.05) is 11.9 Å². The van der Waals surface area contributed by atoms with Gasteiger partial charge in [0.15, 0.2) is 0 Å². The lowest BCUT2D eigenvalue weighted by atomic mass is 10.2. The minimum atomic E-state index is -1.08. The molecule has 1 rings (SSSR count). The topological polar surface area (TPSA) is 99.5 Å². The number of nitrogens with zero attached hydrogens (tertiary/aromatic N) is 1. The molecule has 0 aromatic carbocycles. The summed E-state index contributed by atoms with van der Waals surface area (Å²) in [5.74, 6) is -1.72. The van der Waals surface area contributed by atoms with Gasteiger partial charge in [-0.3, -0.25) is 4.79 Å². The fourth-order valence-electron chi connectivity index (χ4n) is 1.19. The van der Waals surface area contributed by atoms with Crippen LogP contribution in [0.3, 0.4) is 0 Å². The van der Waals surface area contributed by atoms with Crippen molar-refractivity contribution >= 4 is 33.7 Å². The highest BCUT2D eigenvalue weighted by Crippen LogP contribution is 2.17. The van der Waals surface area contributed by atoms with Crippen molar-refractivity contribution in [2.45, 2.75) is 12.8 Å². The molecule has 1 heterocycles. The first-order valence-corrected chi connectivity index (χ1v) is 5.64. The van der Waals surface area contributed by atoms with Gasteiger partial charge in [-0.25, -0.2) is 9.78 Å². The van der Waals surface area contributed by atoms with Crippen LogP contribution >= 0.6 is 15.9 Å². The van der Waals surface area contributed by atoms with Crippen molar-refractivity contribution < 1.29 is 19.8 Å². The summed E-state index contributed by atoms with van der Waals surface area (Å²) in [5, 5.41) is 20.2. The van der Waals surface area contributed by atoms with E-state index in [1.54, 1.807) is 0 Å². The molecule has 0 fully saturated rings. The first-order valence-electron chi connectivity index (χ1n) is 4.85. The second-order valence-electron chi connectivity index (χ2n) is 3.28. The molecule has 1 aromatic rings. The van der Waals surface area contributed by atoms with E-state index in [-0.39, 0.29) is 17.8 Å². The van der Waals surface area contributed by atoms with Crippen molar-refractivity contribution in [3.8, 4) is 0 Å². The molecule has 0 aliphatic carbocycles. The van der Waals surface area contributed by atoms with Gasteiger partial charge in [0.25, 0.3) is 0 Å². The number of aliphatic carboxylic acids is 1. The van der Waals surface area contributed by atoms with E-state index >= 15 is 0 Å². The van der Waals surface area contributed by atoms with Gasteiger partial charge in [-0.2, -0.15) is 0 Å². The van der Waals surface area contributed by atoms with Crippen molar-refractivity contribution in [3.63, 3.8) is 0 Å². The second kappa shape index (κ2) is 6.19. The van der Waals surface area contributed by atoms with E-state index in [2.05, 4.69) is 26.2 Å². The number of nitrogens with one attached hydrogen (secondary N) is 1. The number of hydrogen-bond donors (Lipinski definition) is 3. The van der Waals surface area contributed by atoms with Gasteiger partial charge in [0.2, 0.25) is 0 Å². The standard InChI is InChI=1S/C10H11BrN2O4/c11-6-4-7(10(16)17)9(13-5-6)12-3-1-2-8(14)15/h4-5H,1-3H2,(H,12,13)(H,14,15)(H,16,17). The Balaban J connectivity index is 2.64. The molecule has 1 aromatic heterocycles. The summed E-state index contributed by atoms with van der Waals surface area (Å²) in [6.45, 7) is 0.362. The number of pyridine rings is 1. The summed E-state index contributed by atoms with van der Waals surface area (Å²) in [7, 11) is 0.